The molecule has 0 radical (unpaired) electrons. The van der Waals surface area contributed by atoms with Gasteiger partial charge in [-0.15, -0.1) is 0 Å². The number of alkyl halides is 1. The molecule has 1 atom stereocenters. The number of halogens is 2. The molecule has 0 aromatic heterocycles. The third-order valence-corrected chi connectivity index (χ3v) is 4.18. The Morgan fingerprint density at radius 3 is 2.61 bits per heavy atom. The molecule has 0 saturated heterocycles. The van der Waals surface area contributed by atoms with Crippen molar-refractivity contribution in [2.75, 3.05) is 0 Å². The molecule has 0 heterocycles. The number of rotatable bonds is 2. The maximum absolute atomic E-state index is 12.1. The highest BCUT2D eigenvalue weighted by atomic mass is 79.9. The van der Waals surface area contributed by atoms with E-state index in [1.54, 1.807) is 12.1 Å². The molecule has 2 rings (SSSR count). The van der Waals surface area contributed by atoms with Crippen LogP contribution in [-0.2, 0) is 0 Å². The summed E-state index contributed by atoms with van der Waals surface area (Å²) in [6, 6.07) is 9.20. The summed E-state index contributed by atoms with van der Waals surface area (Å²) >= 11 is 7.13. The summed E-state index contributed by atoms with van der Waals surface area (Å²) < 4.78 is 0.655. The third-order valence-electron chi connectivity index (χ3n) is 2.80. The molecular formula is C14H13Br2NO. The van der Waals surface area contributed by atoms with Gasteiger partial charge in [0.25, 0.3) is 5.91 Å². The zero-order valence-corrected chi connectivity index (χ0v) is 13.1. The van der Waals surface area contributed by atoms with Gasteiger partial charge in [0.05, 0.1) is 4.32 Å². The van der Waals surface area contributed by atoms with E-state index in [4.69, 9.17) is 0 Å². The van der Waals surface area contributed by atoms with E-state index in [9.17, 15) is 4.79 Å². The van der Waals surface area contributed by atoms with Crippen molar-refractivity contribution in [2.45, 2.75) is 17.7 Å². The van der Waals surface area contributed by atoms with Crippen molar-refractivity contribution in [2.24, 2.45) is 0 Å². The minimum Gasteiger partial charge on any atom is -0.323 e. The number of hydrogen-bond acceptors (Lipinski definition) is 1. The normalized spacial score (nSPS) is 23.1. The van der Waals surface area contributed by atoms with E-state index in [-0.39, 0.29) is 10.2 Å². The molecule has 18 heavy (non-hydrogen) atoms. The highest BCUT2D eigenvalue weighted by molar-refractivity contribution is 9.12. The van der Waals surface area contributed by atoms with Crippen molar-refractivity contribution in [3.8, 4) is 0 Å². The smallest absolute Gasteiger partial charge is 0.255 e. The molecule has 1 unspecified atom stereocenters. The second kappa shape index (κ2) is 5.41. The number of carbonyl (C=O) groups excluding carboxylic acids is 1. The average Bonchev–Trinajstić information content (AvgIpc) is 2.34. The number of allylic oxidation sites excluding steroid dienone is 4. The lowest BCUT2D eigenvalue weighted by atomic mass is 9.98. The summed E-state index contributed by atoms with van der Waals surface area (Å²) in [4.78, 5) is 12.1. The maximum Gasteiger partial charge on any atom is 0.255 e. The van der Waals surface area contributed by atoms with Crippen LogP contribution in [0.1, 0.15) is 23.7 Å². The lowest BCUT2D eigenvalue weighted by molar-refractivity contribution is 0.0963. The second-order valence-electron chi connectivity index (χ2n) is 4.35. The Hall–Kier alpha value is -0.870. The number of benzene rings is 1. The summed E-state index contributed by atoms with van der Waals surface area (Å²) in [5.74, 6) is -0.0940. The number of hydrogen-bond donors (Lipinski definition) is 1. The second-order valence-corrected chi connectivity index (χ2v) is 6.95. The zero-order chi connectivity index (χ0) is 13.2. The van der Waals surface area contributed by atoms with Crippen molar-refractivity contribution in [1.29, 1.82) is 0 Å². The van der Waals surface area contributed by atoms with Gasteiger partial charge in [-0.2, -0.15) is 0 Å². The van der Waals surface area contributed by atoms with Crippen LogP contribution < -0.4 is 5.32 Å². The Morgan fingerprint density at radius 2 is 2.00 bits per heavy atom. The van der Waals surface area contributed by atoms with Crippen LogP contribution in [0.15, 0.2) is 52.7 Å². The Bertz CT molecular complexity index is 518. The number of amides is 1. The largest absolute Gasteiger partial charge is 0.323 e. The molecular weight excluding hydrogens is 358 g/mol. The fraction of sp³-hybridized carbons (Fsp3) is 0.214. The van der Waals surface area contributed by atoms with Gasteiger partial charge in [0.15, 0.2) is 0 Å². The predicted molar refractivity (Wildman–Crippen MR) is 81.0 cm³/mol. The quantitative estimate of drug-likeness (QED) is 0.779. The van der Waals surface area contributed by atoms with Crippen molar-refractivity contribution < 1.29 is 4.79 Å². The summed E-state index contributed by atoms with van der Waals surface area (Å²) in [7, 11) is 0. The van der Waals surface area contributed by atoms with E-state index in [2.05, 4.69) is 43.3 Å². The van der Waals surface area contributed by atoms with E-state index in [1.165, 1.54) is 0 Å². The molecule has 0 aliphatic heterocycles. The SMILES string of the molecule is CC1(Br)CC=CC(Br)=C1NC(=O)c1ccccc1. The van der Waals surface area contributed by atoms with E-state index < -0.39 is 0 Å². The van der Waals surface area contributed by atoms with Gasteiger partial charge >= 0.3 is 0 Å². The standard InChI is InChI=1S/C14H13Br2NO/c1-14(16)9-5-8-11(15)12(14)17-13(18)10-6-3-2-4-7-10/h2-8H,9H2,1H3,(H,17,18). The minimum atomic E-state index is -0.245. The summed E-state index contributed by atoms with van der Waals surface area (Å²) in [6.45, 7) is 2.04. The molecule has 1 aliphatic carbocycles. The van der Waals surface area contributed by atoms with Crippen LogP contribution in [0.4, 0.5) is 0 Å². The van der Waals surface area contributed by atoms with Gasteiger partial charge in [0.2, 0.25) is 0 Å². The van der Waals surface area contributed by atoms with Crippen molar-refractivity contribution in [3.05, 3.63) is 58.2 Å². The van der Waals surface area contributed by atoms with E-state index >= 15 is 0 Å². The molecule has 1 aromatic carbocycles. The van der Waals surface area contributed by atoms with Gasteiger partial charge in [0, 0.05) is 15.7 Å². The first kappa shape index (κ1) is 13.6. The molecule has 2 nitrogen and oxygen atoms in total. The van der Waals surface area contributed by atoms with Crippen molar-refractivity contribution in [3.63, 3.8) is 0 Å². The van der Waals surface area contributed by atoms with E-state index in [0.29, 0.717) is 5.56 Å². The Balaban J connectivity index is 2.24. The molecule has 1 aliphatic rings. The topological polar surface area (TPSA) is 29.1 Å². The molecule has 1 N–H and O–H groups in total. The highest BCUT2D eigenvalue weighted by Crippen LogP contribution is 2.37. The molecule has 1 amide bonds. The van der Waals surface area contributed by atoms with Gasteiger partial charge in [-0.1, -0.05) is 46.3 Å². The van der Waals surface area contributed by atoms with Gasteiger partial charge in [-0.05, 0) is 41.4 Å². The summed E-state index contributed by atoms with van der Waals surface area (Å²) in [5, 5.41) is 2.97. The predicted octanol–water partition coefficient (Wildman–Crippen LogP) is 4.14. The van der Waals surface area contributed by atoms with Gasteiger partial charge in [-0.25, -0.2) is 0 Å². The monoisotopic (exact) mass is 369 g/mol. The zero-order valence-electron chi connectivity index (χ0n) is 9.91. The summed E-state index contributed by atoms with van der Waals surface area (Å²) in [5.41, 5.74) is 1.52. The first-order valence-corrected chi connectivity index (χ1v) is 7.21. The Labute approximate surface area is 123 Å². The first-order chi connectivity index (χ1) is 8.50. The molecule has 4 heteroatoms. The van der Waals surface area contributed by atoms with Gasteiger partial charge in [-0.3, -0.25) is 4.79 Å². The van der Waals surface area contributed by atoms with Crippen molar-refractivity contribution in [1.82, 2.24) is 5.32 Å². The highest BCUT2D eigenvalue weighted by Gasteiger charge is 2.30. The molecule has 0 fully saturated rings. The van der Waals surface area contributed by atoms with E-state index in [0.717, 1.165) is 16.6 Å². The third kappa shape index (κ3) is 2.93. The minimum absolute atomic E-state index is 0.0940. The fourth-order valence-corrected chi connectivity index (χ4v) is 3.27. The van der Waals surface area contributed by atoms with Crippen LogP contribution in [0.25, 0.3) is 0 Å². The average molecular weight is 371 g/mol. The fourth-order valence-electron chi connectivity index (χ4n) is 1.78. The van der Waals surface area contributed by atoms with Crippen LogP contribution in [-0.4, -0.2) is 10.2 Å². The Kier molecular flexibility index (Phi) is 4.07. The lowest BCUT2D eigenvalue weighted by Gasteiger charge is -2.29. The molecule has 1 aromatic rings. The lowest BCUT2D eigenvalue weighted by Crippen LogP contribution is -2.35. The van der Waals surface area contributed by atoms with Crippen LogP contribution >= 0.6 is 31.9 Å². The maximum atomic E-state index is 12.1. The molecule has 0 spiro atoms. The molecule has 0 saturated carbocycles. The van der Waals surface area contributed by atoms with Crippen LogP contribution in [0, 0.1) is 0 Å². The Morgan fingerprint density at radius 1 is 1.33 bits per heavy atom. The van der Waals surface area contributed by atoms with Crippen LogP contribution in [0.2, 0.25) is 0 Å². The van der Waals surface area contributed by atoms with Crippen molar-refractivity contribution >= 4 is 37.8 Å². The van der Waals surface area contributed by atoms with Crippen LogP contribution in [0.3, 0.4) is 0 Å². The molecule has 0 bridgehead atoms. The van der Waals surface area contributed by atoms with Gasteiger partial charge in [0.1, 0.15) is 0 Å². The summed E-state index contributed by atoms with van der Waals surface area (Å²) in [6.07, 6.45) is 4.87. The molecule has 94 valence electrons. The number of nitrogens with one attached hydrogen (secondary N) is 1. The number of carbonyl (C=O) groups is 1. The van der Waals surface area contributed by atoms with E-state index in [1.807, 2.05) is 31.2 Å². The van der Waals surface area contributed by atoms with Crippen LogP contribution in [0.5, 0.6) is 0 Å². The first-order valence-electron chi connectivity index (χ1n) is 5.63. The van der Waals surface area contributed by atoms with Gasteiger partial charge < -0.3 is 5.32 Å².